The minimum Gasteiger partial charge on any atom is -0.368 e. The molecule has 1 aromatic rings. The summed E-state index contributed by atoms with van der Waals surface area (Å²) in [6.45, 7) is 0. The Morgan fingerprint density at radius 2 is 2.23 bits per heavy atom. The summed E-state index contributed by atoms with van der Waals surface area (Å²) in [7, 11) is 0. The number of primary amides is 1. The molecule has 76 valence electrons. The van der Waals surface area contributed by atoms with Gasteiger partial charge in [-0.1, -0.05) is 0 Å². The Labute approximate surface area is 88.1 Å². The van der Waals surface area contributed by atoms with Crippen molar-refractivity contribution in [2.24, 2.45) is 11.5 Å². The van der Waals surface area contributed by atoms with Crippen LogP contribution in [0.5, 0.6) is 0 Å². The number of hydrogen-bond donors (Lipinski definition) is 3. The van der Waals surface area contributed by atoms with Crippen LogP contribution >= 0.6 is 24.8 Å². The highest BCUT2D eigenvalue weighted by Gasteiger charge is 2.10. The smallest absolute Gasteiger partial charge is 0.234 e. The highest BCUT2D eigenvalue weighted by molar-refractivity contribution is 5.85. The fourth-order valence-corrected chi connectivity index (χ4v) is 0.718. The summed E-state index contributed by atoms with van der Waals surface area (Å²) in [5.41, 5.74) is 10.3. The van der Waals surface area contributed by atoms with Crippen LogP contribution in [0.25, 0.3) is 0 Å². The van der Waals surface area contributed by atoms with E-state index in [4.69, 9.17) is 11.5 Å². The Kier molecular flexibility index (Phi) is 7.60. The third-order valence-corrected chi connectivity index (χ3v) is 1.33. The molecule has 1 rings (SSSR count). The summed E-state index contributed by atoms with van der Waals surface area (Å²) < 4.78 is 0. The molecule has 0 aliphatic rings. The van der Waals surface area contributed by atoms with Crippen LogP contribution < -0.4 is 11.5 Å². The molecule has 0 aliphatic carbocycles. The van der Waals surface area contributed by atoms with Gasteiger partial charge in [0, 0.05) is 18.8 Å². The zero-order chi connectivity index (χ0) is 8.27. The number of nitrogens with zero attached hydrogens (tertiary/aromatic N) is 1. The number of aromatic amines is 1. The second-order valence-electron chi connectivity index (χ2n) is 2.25. The maximum atomic E-state index is 10.5. The van der Waals surface area contributed by atoms with E-state index in [2.05, 4.69) is 9.97 Å². The third-order valence-electron chi connectivity index (χ3n) is 1.33. The van der Waals surface area contributed by atoms with Gasteiger partial charge in [0.25, 0.3) is 0 Å². The maximum absolute atomic E-state index is 10.5. The van der Waals surface area contributed by atoms with Gasteiger partial charge in [0.05, 0.1) is 6.04 Å². The predicted octanol–water partition coefficient (Wildman–Crippen LogP) is -0.392. The first kappa shape index (κ1) is 14.7. The lowest BCUT2D eigenvalue weighted by Gasteiger charge is -2.02. The van der Waals surface area contributed by atoms with Gasteiger partial charge in [-0.05, 0) is 0 Å². The number of hydrogen-bond acceptors (Lipinski definition) is 3. The van der Waals surface area contributed by atoms with Crippen LogP contribution in [0.2, 0.25) is 0 Å². The molecule has 0 saturated carbocycles. The van der Waals surface area contributed by atoms with Crippen LogP contribution in [0.1, 0.15) is 5.82 Å². The number of nitrogens with one attached hydrogen (secondary N) is 1. The summed E-state index contributed by atoms with van der Waals surface area (Å²) in [6.07, 6.45) is 3.63. The first-order chi connectivity index (χ1) is 5.20. The summed E-state index contributed by atoms with van der Waals surface area (Å²) >= 11 is 0. The molecule has 0 saturated heterocycles. The molecule has 13 heavy (non-hydrogen) atoms. The van der Waals surface area contributed by atoms with Crippen LogP contribution in [0.4, 0.5) is 0 Å². The molecule has 7 heteroatoms. The topological polar surface area (TPSA) is 97.8 Å². The normalized spacial score (nSPS) is 10.8. The molecule has 1 heterocycles. The van der Waals surface area contributed by atoms with E-state index in [9.17, 15) is 4.79 Å². The molecule has 1 unspecified atom stereocenters. The fraction of sp³-hybridized carbons (Fsp3) is 0.333. The van der Waals surface area contributed by atoms with Crippen molar-refractivity contribution < 1.29 is 4.79 Å². The van der Waals surface area contributed by atoms with Gasteiger partial charge >= 0.3 is 0 Å². The molecule has 5 nitrogen and oxygen atoms in total. The Morgan fingerprint density at radius 1 is 1.62 bits per heavy atom. The van der Waals surface area contributed by atoms with E-state index in [-0.39, 0.29) is 24.8 Å². The fourth-order valence-electron chi connectivity index (χ4n) is 0.718. The molecule has 0 bridgehead atoms. The monoisotopic (exact) mass is 226 g/mol. The van der Waals surface area contributed by atoms with E-state index in [1.807, 2.05) is 0 Å². The van der Waals surface area contributed by atoms with Crippen molar-refractivity contribution in [3.05, 3.63) is 18.2 Å². The molecular weight excluding hydrogens is 215 g/mol. The number of rotatable bonds is 3. The predicted molar refractivity (Wildman–Crippen MR) is 54.0 cm³/mol. The SMILES string of the molecule is Cl.Cl.NC(=O)C(N)Cc1ncc[nH]1. The summed E-state index contributed by atoms with van der Waals surface area (Å²) in [4.78, 5) is 17.2. The van der Waals surface area contributed by atoms with Gasteiger partial charge in [0.15, 0.2) is 0 Å². The van der Waals surface area contributed by atoms with Crippen molar-refractivity contribution >= 4 is 30.7 Å². The lowest BCUT2D eigenvalue weighted by molar-refractivity contribution is -0.119. The minimum absolute atomic E-state index is 0. The van der Waals surface area contributed by atoms with Crippen LogP contribution in [-0.4, -0.2) is 21.9 Å². The second kappa shape index (κ2) is 6.71. The van der Waals surface area contributed by atoms with Crippen LogP contribution in [-0.2, 0) is 11.2 Å². The van der Waals surface area contributed by atoms with E-state index >= 15 is 0 Å². The summed E-state index contributed by atoms with van der Waals surface area (Å²) in [5.74, 6) is 0.165. The first-order valence-corrected chi connectivity index (χ1v) is 3.23. The molecule has 5 N–H and O–H groups in total. The molecular formula is C6H12Cl2N4O. The standard InChI is InChI=1S/C6H10N4O.2ClH/c7-4(6(8)11)3-5-9-1-2-10-5;;/h1-2,4H,3,7H2,(H2,8,11)(H,9,10);2*1H. The van der Waals surface area contributed by atoms with Crippen molar-refractivity contribution in [3.8, 4) is 0 Å². The van der Waals surface area contributed by atoms with Crippen molar-refractivity contribution in [3.63, 3.8) is 0 Å². The quantitative estimate of drug-likeness (QED) is 0.655. The highest BCUT2D eigenvalue weighted by Crippen LogP contribution is 1.92. The largest absolute Gasteiger partial charge is 0.368 e. The van der Waals surface area contributed by atoms with E-state index in [0.717, 1.165) is 0 Å². The third kappa shape index (κ3) is 4.72. The van der Waals surface area contributed by atoms with E-state index < -0.39 is 11.9 Å². The minimum atomic E-state index is -0.652. The average molecular weight is 227 g/mol. The summed E-state index contributed by atoms with van der Waals surface area (Å²) in [5, 5.41) is 0. The van der Waals surface area contributed by atoms with E-state index in [1.165, 1.54) is 0 Å². The second-order valence-corrected chi connectivity index (χ2v) is 2.25. The number of nitrogens with two attached hydrogens (primary N) is 2. The molecule has 0 aromatic carbocycles. The summed E-state index contributed by atoms with van der Waals surface area (Å²) in [6, 6.07) is -0.652. The Morgan fingerprint density at radius 3 is 2.62 bits per heavy atom. The number of aromatic nitrogens is 2. The van der Waals surface area contributed by atoms with Crippen LogP contribution in [0, 0.1) is 0 Å². The molecule has 1 atom stereocenters. The van der Waals surface area contributed by atoms with Crippen LogP contribution in [0.15, 0.2) is 12.4 Å². The molecule has 0 spiro atoms. The van der Waals surface area contributed by atoms with Gasteiger partial charge in [0.2, 0.25) is 5.91 Å². The molecule has 0 radical (unpaired) electrons. The van der Waals surface area contributed by atoms with Gasteiger partial charge in [-0.15, -0.1) is 24.8 Å². The molecule has 0 aliphatic heterocycles. The zero-order valence-corrected chi connectivity index (χ0v) is 8.40. The number of imidazole rings is 1. The van der Waals surface area contributed by atoms with Gasteiger partial charge in [0.1, 0.15) is 5.82 Å². The highest BCUT2D eigenvalue weighted by atomic mass is 35.5. The lowest BCUT2D eigenvalue weighted by Crippen LogP contribution is -2.38. The Balaban J connectivity index is 0. The maximum Gasteiger partial charge on any atom is 0.234 e. The van der Waals surface area contributed by atoms with Gasteiger partial charge in [-0.3, -0.25) is 4.79 Å². The number of amides is 1. The van der Waals surface area contributed by atoms with Crippen molar-refractivity contribution in [2.75, 3.05) is 0 Å². The number of carbonyl (C=O) groups is 1. The number of halogens is 2. The number of H-pyrrole nitrogens is 1. The van der Waals surface area contributed by atoms with Gasteiger partial charge in [-0.2, -0.15) is 0 Å². The average Bonchev–Trinajstić information content (AvgIpc) is 2.39. The molecule has 1 aromatic heterocycles. The van der Waals surface area contributed by atoms with Crippen molar-refractivity contribution in [1.29, 1.82) is 0 Å². The van der Waals surface area contributed by atoms with E-state index in [0.29, 0.717) is 12.2 Å². The zero-order valence-electron chi connectivity index (χ0n) is 6.77. The van der Waals surface area contributed by atoms with Crippen molar-refractivity contribution in [2.45, 2.75) is 12.5 Å². The molecule has 1 amide bonds. The Hall–Kier alpha value is -0.780. The van der Waals surface area contributed by atoms with Gasteiger partial charge < -0.3 is 16.5 Å². The lowest BCUT2D eigenvalue weighted by atomic mass is 10.2. The van der Waals surface area contributed by atoms with Crippen LogP contribution in [0.3, 0.4) is 0 Å². The van der Waals surface area contributed by atoms with Gasteiger partial charge in [-0.25, -0.2) is 4.98 Å². The van der Waals surface area contributed by atoms with Crippen molar-refractivity contribution in [1.82, 2.24) is 9.97 Å². The number of carbonyl (C=O) groups excluding carboxylic acids is 1. The Bertz CT molecular complexity index is 239. The molecule has 0 fully saturated rings. The first-order valence-electron chi connectivity index (χ1n) is 3.23. The van der Waals surface area contributed by atoms with E-state index in [1.54, 1.807) is 12.4 Å².